The minimum Gasteiger partial charge on any atom is -0.455 e. The Balaban J connectivity index is 2.34. The highest BCUT2D eigenvalue weighted by atomic mass is 35.5. The smallest absolute Gasteiger partial charge is 0.150 e. The van der Waals surface area contributed by atoms with Gasteiger partial charge in [0.05, 0.1) is 5.02 Å². The van der Waals surface area contributed by atoms with Crippen molar-refractivity contribution >= 4 is 11.6 Å². The summed E-state index contributed by atoms with van der Waals surface area (Å²) in [7, 11) is 0. The zero-order valence-electron chi connectivity index (χ0n) is 12.2. The number of ether oxygens (including phenoxy) is 1. The fourth-order valence-corrected chi connectivity index (χ4v) is 2.23. The van der Waals surface area contributed by atoms with Gasteiger partial charge in [-0.3, -0.25) is 0 Å². The fraction of sp³-hybridized carbons (Fsp3) is 0.294. The van der Waals surface area contributed by atoms with E-state index in [2.05, 4.69) is 31.3 Å². The van der Waals surface area contributed by atoms with Crippen LogP contribution in [0.15, 0.2) is 36.4 Å². The molecule has 2 rings (SSSR count). The van der Waals surface area contributed by atoms with Crippen LogP contribution in [0.25, 0.3) is 0 Å². The van der Waals surface area contributed by atoms with E-state index in [1.165, 1.54) is 5.56 Å². The molecule has 20 heavy (non-hydrogen) atoms. The maximum absolute atomic E-state index is 6.30. The van der Waals surface area contributed by atoms with Gasteiger partial charge in [-0.25, -0.2) is 0 Å². The summed E-state index contributed by atoms with van der Waals surface area (Å²) in [5.41, 5.74) is 3.34. The molecular weight excluding hydrogens is 270 g/mol. The molecule has 0 aliphatic rings. The molecule has 0 aliphatic heterocycles. The van der Waals surface area contributed by atoms with E-state index in [4.69, 9.17) is 16.3 Å². The molecule has 0 saturated carbocycles. The third-order valence-electron chi connectivity index (χ3n) is 3.17. The molecule has 106 valence electrons. The number of hydrogen-bond acceptors (Lipinski definition) is 2. The molecule has 0 amide bonds. The third-order valence-corrected chi connectivity index (χ3v) is 3.47. The first-order chi connectivity index (χ1) is 9.61. The van der Waals surface area contributed by atoms with Crippen LogP contribution in [0.2, 0.25) is 5.02 Å². The molecule has 0 fully saturated rings. The maximum Gasteiger partial charge on any atom is 0.150 e. The Morgan fingerprint density at radius 2 is 1.95 bits per heavy atom. The van der Waals surface area contributed by atoms with Crippen molar-refractivity contribution in [3.63, 3.8) is 0 Å². The second kappa shape index (κ2) is 6.78. The summed E-state index contributed by atoms with van der Waals surface area (Å²) < 4.78 is 6.08. The second-order valence-electron chi connectivity index (χ2n) is 4.88. The van der Waals surface area contributed by atoms with E-state index in [9.17, 15) is 0 Å². The van der Waals surface area contributed by atoms with Crippen molar-refractivity contribution < 1.29 is 4.74 Å². The Morgan fingerprint density at radius 3 is 2.70 bits per heavy atom. The Hall–Kier alpha value is -1.51. The van der Waals surface area contributed by atoms with E-state index >= 15 is 0 Å². The monoisotopic (exact) mass is 289 g/mol. The minimum absolute atomic E-state index is 0.640. The zero-order valence-corrected chi connectivity index (χ0v) is 12.9. The predicted octanol–water partition coefficient (Wildman–Crippen LogP) is 4.86. The lowest BCUT2D eigenvalue weighted by atomic mass is 10.1. The second-order valence-corrected chi connectivity index (χ2v) is 5.29. The lowest BCUT2D eigenvalue weighted by Crippen LogP contribution is -2.12. The van der Waals surface area contributed by atoms with Crippen molar-refractivity contribution in [3.8, 4) is 11.5 Å². The minimum atomic E-state index is 0.640. The molecule has 0 unspecified atom stereocenters. The summed E-state index contributed by atoms with van der Waals surface area (Å²) in [6.07, 6.45) is 0. The van der Waals surface area contributed by atoms with Crippen LogP contribution in [0, 0.1) is 13.8 Å². The molecule has 0 atom stereocenters. The number of hydrogen-bond donors (Lipinski definition) is 1. The van der Waals surface area contributed by atoms with Gasteiger partial charge in [0, 0.05) is 12.1 Å². The van der Waals surface area contributed by atoms with Crippen LogP contribution < -0.4 is 10.1 Å². The number of aryl methyl sites for hydroxylation is 2. The van der Waals surface area contributed by atoms with Crippen molar-refractivity contribution in [2.24, 2.45) is 0 Å². The molecule has 2 nitrogen and oxygen atoms in total. The Bertz CT molecular complexity index is 596. The van der Waals surface area contributed by atoms with Crippen LogP contribution in [0.4, 0.5) is 0 Å². The van der Waals surface area contributed by atoms with Crippen molar-refractivity contribution in [2.45, 2.75) is 27.3 Å². The quantitative estimate of drug-likeness (QED) is 0.849. The van der Waals surface area contributed by atoms with Gasteiger partial charge in [-0.15, -0.1) is 0 Å². The van der Waals surface area contributed by atoms with Crippen LogP contribution in [0.5, 0.6) is 11.5 Å². The average molecular weight is 290 g/mol. The molecule has 0 aliphatic carbocycles. The number of nitrogens with one attached hydrogen (secondary N) is 1. The summed E-state index contributed by atoms with van der Waals surface area (Å²) in [4.78, 5) is 0. The van der Waals surface area contributed by atoms with E-state index in [1.807, 2.05) is 31.2 Å². The number of halogens is 1. The molecule has 1 N–H and O–H groups in total. The lowest BCUT2D eigenvalue weighted by molar-refractivity contribution is 0.469. The summed E-state index contributed by atoms with van der Waals surface area (Å²) in [6.45, 7) is 7.83. The van der Waals surface area contributed by atoms with Gasteiger partial charge in [0.1, 0.15) is 5.75 Å². The van der Waals surface area contributed by atoms with Gasteiger partial charge in [0.2, 0.25) is 0 Å². The van der Waals surface area contributed by atoms with Gasteiger partial charge < -0.3 is 10.1 Å². The Labute approximate surface area is 125 Å². The Kier molecular flexibility index (Phi) is 5.05. The number of para-hydroxylation sites is 1. The maximum atomic E-state index is 6.30. The molecule has 3 heteroatoms. The van der Waals surface area contributed by atoms with E-state index in [1.54, 1.807) is 0 Å². The summed E-state index contributed by atoms with van der Waals surface area (Å²) in [5.74, 6) is 1.60. The zero-order chi connectivity index (χ0) is 14.5. The predicted molar refractivity (Wildman–Crippen MR) is 84.8 cm³/mol. The van der Waals surface area contributed by atoms with Crippen LogP contribution >= 0.6 is 11.6 Å². The number of benzene rings is 2. The van der Waals surface area contributed by atoms with E-state index in [-0.39, 0.29) is 0 Å². The molecular formula is C17H20ClNO. The van der Waals surface area contributed by atoms with E-state index in [0.717, 1.165) is 35.7 Å². The highest BCUT2D eigenvalue weighted by Crippen LogP contribution is 2.34. The van der Waals surface area contributed by atoms with Gasteiger partial charge in [0.15, 0.2) is 5.75 Å². The molecule has 0 bridgehead atoms. The van der Waals surface area contributed by atoms with E-state index < -0.39 is 0 Å². The van der Waals surface area contributed by atoms with Crippen LogP contribution in [0.3, 0.4) is 0 Å². The van der Waals surface area contributed by atoms with Crippen LogP contribution in [-0.4, -0.2) is 6.54 Å². The van der Waals surface area contributed by atoms with Crippen molar-refractivity contribution in [3.05, 3.63) is 58.1 Å². The standard InChI is InChI=1S/C17H20ClNO/c1-4-19-11-14-6-5-7-15(18)17(14)20-16-10-12(2)8-9-13(16)3/h5-10,19H,4,11H2,1-3H3. The fourth-order valence-electron chi connectivity index (χ4n) is 1.99. The summed E-state index contributed by atoms with van der Waals surface area (Å²) >= 11 is 6.30. The average Bonchev–Trinajstić information content (AvgIpc) is 2.43. The first-order valence-corrected chi connectivity index (χ1v) is 7.23. The first-order valence-electron chi connectivity index (χ1n) is 6.85. The van der Waals surface area contributed by atoms with Gasteiger partial charge in [-0.2, -0.15) is 0 Å². The largest absolute Gasteiger partial charge is 0.455 e. The molecule has 2 aromatic rings. The van der Waals surface area contributed by atoms with Gasteiger partial charge >= 0.3 is 0 Å². The molecule has 0 heterocycles. The van der Waals surface area contributed by atoms with Gasteiger partial charge in [0.25, 0.3) is 0 Å². The topological polar surface area (TPSA) is 21.3 Å². The van der Waals surface area contributed by atoms with Crippen molar-refractivity contribution in [2.75, 3.05) is 6.54 Å². The lowest BCUT2D eigenvalue weighted by Gasteiger charge is -2.15. The van der Waals surface area contributed by atoms with Crippen molar-refractivity contribution in [1.29, 1.82) is 0 Å². The number of rotatable bonds is 5. The summed E-state index contributed by atoms with van der Waals surface area (Å²) in [6, 6.07) is 12.0. The first kappa shape index (κ1) is 14.9. The van der Waals surface area contributed by atoms with Crippen molar-refractivity contribution in [1.82, 2.24) is 5.32 Å². The SMILES string of the molecule is CCNCc1cccc(Cl)c1Oc1cc(C)ccc1C. The Morgan fingerprint density at radius 1 is 1.15 bits per heavy atom. The van der Waals surface area contributed by atoms with Crippen LogP contribution in [0.1, 0.15) is 23.6 Å². The molecule has 0 spiro atoms. The summed E-state index contributed by atoms with van der Waals surface area (Å²) in [5, 5.41) is 3.95. The van der Waals surface area contributed by atoms with Crippen LogP contribution in [-0.2, 0) is 6.54 Å². The highest BCUT2D eigenvalue weighted by Gasteiger charge is 2.11. The van der Waals surface area contributed by atoms with E-state index in [0.29, 0.717) is 5.02 Å². The molecule has 0 saturated heterocycles. The normalized spacial score (nSPS) is 10.6. The molecule has 0 aromatic heterocycles. The molecule has 2 aromatic carbocycles. The third kappa shape index (κ3) is 3.53. The highest BCUT2D eigenvalue weighted by molar-refractivity contribution is 6.32. The molecule has 0 radical (unpaired) electrons. The van der Waals surface area contributed by atoms with Gasteiger partial charge in [-0.1, -0.05) is 42.8 Å². The van der Waals surface area contributed by atoms with Gasteiger partial charge in [-0.05, 0) is 43.7 Å².